The van der Waals surface area contributed by atoms with Gasteiger partial charge in [-0.3, -0.25) is 0 Å². The Morgan fingerprint density at radius 1 is 0.659 bits per heavy atom. The lowest BCUT2D eigenvalue weighted by atomic mass is 10.00. The first-order chi connectivity index (χ1) is 21.4. The molecule has 7 heteroatoms. The molecule has 0 bridgehead atoms. The Labute approximate surface area is 268 Å². The standard InChI is InChI=1S/C37H66O7/c1-3-4-5-6-7-10-13-16-19-31(39)33-23-25-35(43-33)36-26-24-34(44-36)32(40)20-17-14-11-8-9-12-15-18-30(38)22-21-29-27-28(2)42-37(29)41/h27-28,30-36,38-40H,3-26H2,1-2H3/t28-,30-,31+,32+,33+,34+,35+,36+/m0/s1. The Bertz CT molecular complexity index is 801. The summed E-state index contributed by atoms with van der Waals surface area (Å²) < 4.78 is 17.7. The summed E-state index contributed by atoms with van der Waals surface area (Å²) in [5, 5.41) is 31.7. The van der Waals surface area contributed by atoms with Gasteiger partial charge in [-0.25, -0.2) is 4.79 Å². The summed E-state index contributed by atoms with van der Waals surface area (Å²) in [6, 6.07) is 0. The summed E-state index contributed by atoms with van der Waals surface area (Å²) >= 11 is 0. The maximum atomic E-state index is 11.7. The molecule has 7 nitrogen and oxygen atoms in total. The molecule has 0 unspecified atom stereocenters. The zero-order chi connectivity index (χ0) is 31.6. The molecule has 0 saturated carbocycles. The van der Waals surface area contributed by atoms with E-state index in [1.165, 1.54) is 64.2 Å². The van der Waals surface area contributed by atoms with E-state index in [-0.39, 0.29) is 48.7 Å². The fraction of sp³-hybridized carbons (Fsp3) is 0.919. The molecule has 0 amide bonds. The van der Waals surface area contributed by atoms with Crippen LogP contribution < -0.4 is 0 Å². The van der Waals surface area contributed by atoms with Gasteiger partial charge < -0.3 is 29.5 Å². The van der Waals surface area contributed by atoms with Crippen LogP contribution in [0.15, 0.2) is 11.6 Å². The molecule has 3 rings (SSSR count). The summed E-state index contributed by atoms with van der Waals surface area (Å²) in [4.78, 5) is 11.7. The van der Waals surface area contributed by atoms with Crippen LogP contribution in [0.4, 0.5) is 0 Å². The second-order valence-electron chi connectivity index (χ2n) is 14.0. The van der Waals surface area contributed by atoms with Crippen molar-refractivity contribution in [2.45, 2.75) is 217 Å². The second-order valence-corrected chi connectivity index (χ2v) is 14.0. The molecule has 3 N–H and O–H groups in total. The summed E-state index contributed by atoms with van der Waals surface area (Å²) in [5.74, 6) is -0.231. The van der Waals surface area contributed by atoms with E-state index in [1.54, 1.807) is 0 Å². The van der Waals surface area contributed by atoms with Gasteiger partial charge in [0.05, 0.1) is 42.7 Å². The van der Waals surface area contributed by atoms with Gasteiger partial charge in [0.1, 0.15) is 6.10 Å². The van der Waals surface area contributed by atoms with Gasteiger partial charge in [-0.2, -0.15) is 0 Å². The van der Waals surface area contributed by atoms with Crippen molar-refractivity contribution in [2.24, 2.45) is 0 Å². The number of cyclic esters (lactones) is 1. The van der Waals surface area contributed by atoms with Crippen LogP contribution >= 0.6 is 0 Å². The largest absolute Gasteiger partial charge is 0.455 e. The van der Waals surface area contributed by atoms with E-state index in [0.717, 1.165) is 77.0 Å². The summed E-state index contributed by atoms with van der Waals surface area (Å²) in [6.45, 7) is 4.11. The van der Waals surface area contributed by atoms with Crippen LogP contribution in [-0.2, 0) is 19.0 Å². The topological polar surface area (TPSA) is 105 Å². The summed E-state index contributed by atoms with van der Waals surface area (Å²) in [5.41, 5.74) is 0.706. The van der Waals surface area contributed by atoms with Crippen molar-refractivity contribution < 1.29 is 34.3 Å². The molecule has 0 aromatic rings. The van der Waals surface area contributed by atoms with E-state index < -0.39 is 6.10 Å². The molecule has 2 saturated heterocycles. The van der Waals surface area contributed by atoms with Crippen molar-refractivity contribution >= 4 is 5.97 Å². The number of rotatable bonds is 25. The maximum absolute atomic E-state index is 11.7. The quantitative estimate of drug-likeness (QED) is 0.0703. The number of hydrogen-bond acceptors (Lipinski definition) is 7. The Kier molecular flexibility index (Phi) is 18.5. The highest BCUT2D eigenvalue weighted by Gasteiger charge is 2.40. The summed E-state index contributed by atoms with van der Waals surface area (Å²) in [6.07, 6.45) is 25.9. The minimum Gasteiger partial charge on any atom is -0.455 e. The number of aliphatic hydroxyl groups is 3. The molecular weight excluding hydrogens is 556 g/mol. The van der Waals surface area contributed by atoms with Crippen molar-refractivity contribution in [1.29, 1.82) is 0 Å². The first-order valence-corrected chi connectivity index (χ1v) is 18.6. The smallest absolute Gasteiger partial charge is 0.334 e. The van der Waals surface area contributed by atoms with Gasteiger partial charge in [-0.05, 0) is 70.8 Å². The monoisotopic (exact) mass is 622 g/mol. The zero-order valence-electron chi connectivity index (χ0n) is 28.1. The van der Waals surface area contributed by atoms with Crippen LogP contribution in [0.3, 0.4) is 0 Å². The molecule has 0 spiro atoms. The van der Waals surface area contributed by atoms with Crippen molar-refractivity contribution in [3.05, 3.63) is 11.6 Å². The lowest BCUT2D eigenvalue weighted by Gasteiger charge is -2.24. The Morgan fingerprint density at radius 2 is 1.11 bits per heavy atom. The minimum atomic E-state index is -0.406. The number of aliphatic hydroxyl groups excluding tert-OH is 3. The molecule has 0 aromatic heterocycles. The van der Waals surface area contributed by atoms with E-state index >= 15 is 0 Å². The van der Waals surface area contributed by atoms with Crippen LogP contribution in [0.2, 0.25) is 0 Å². The molecule has 2 fully saturated rings. The third-order valence-corrected chi connectivity index (χ3v) is 10.1. The average Bonchev–Trinajstić information content (AvgIpc) is 3.76. The molecule has 3 heterocycles. The van der Waals surface area contributed by atoms with E-state index in [9.17, 15) is 20.1 Å². The number of carbonyl (C=O) groups is 1. The first kappa shape index (κ1) is 37.5. The SMILES string of the molecule is CCCCCCCCCC[C@@H](O)[C@H]1CC[C@H]([C@H]2CC[C@H]([C@H](O)CCCCCCCCC[C@H](O)CCC3=C[C@H](C)OC3=O)O2)O1. The number of hydrogen-bond donors (Lipinski definition) is 3. The van der Waals surface area contributed by atoms with Gasteiger partial charge in [-0.15, -0.1) is 0 Å². The lowest BCUT2D eigenvalue weighted by molar-refractivity contribution is -0.139. The molecule has 256 valence electrons. The maximum Gasteiger partial charge on any atom is 0.334 e. The van der Waals surface area contributed by atoms with Crippen LogP contribution in [0.5, 0.6) is 0 Å². The molecule has 0 aromatic carbocycles. The minimum absolute atomic E-state index is 0.0495. The van der Waals surface area contributed by atoms with E-state index in [4.69, 9.17) is 14.2 Å². The fourth-order valence-corrected chi connectivity index (χ4v) is 7.25. The highest BCUT2D eigenvalue weighted by atomic mass is 16.6. The normalized spacial score (nSPS) is 27.4. The molecule has 3 aliphatic heterocycles. The van der Waals surface area contributed by atoms with Crippen molar-refractivity contribution in [1.82, 2.24) is 0 Å². The van der Waals surface area contributed by atoms with Crippen LogP contribution in [0.1, 0.15) is 168 Å². The Balaban J connectivity index is 1.13. The van der Waals surface area contributed by atoms with Gasteiger partial charge in [0.25, 0.3) is 0 Å². The predicted octanol–water partition coefficient (Wildman–Crippen LogP) is 7.86. The van der Waals surface area contributed by atoms with Crippen molar-refractivity contribution in [2.75, 3.05) is 0 Å². The lowest BCUT2D eigenvalue weighted by Crippen LogP contribution is -2.33. The number of ether oxygens (including phenoxy) is 3. The Hall–Kier alpha value is -0.990. The molecule has 3 aliphatic rings. The number of carbonyl (C=O) groups excluding carboxylic acids is 1. The van der Waals surface area contributed by atoms with E-state index in [2.05, 4.69) is 6.92 Å². The molecule has 8 atom stereocenters. The Morgan fingerprint density at radius 3 is 1.57 bits per heavy atom. The predicted molar refractivity (Wildman–Crippen MR) is 175 cm³/mol. The van der Waals surface area contributed by atoms with Gasteiger partial charge in [0.15, 0.2) is 0 Å². The van der Waals surface area contributed by atoms with Crippen LogP contribution in [0.25, 0.3) is 0 Å². The molecule has 44 heavy (non-hydrogen) atoms. The average molecular weight is 623 g/mol. The number of esters is 1. The van der Waals surface area contributed by atoms with Crippen molar-refractivity contribution in [3.8, 4) is 0 Å². The third kappa shape index (κ3) is 14.2. The van der Waals surface area contributed by atoms with Gasteiger partial charge in [-0.1, -0.05) is 103 Å². The molecule has 0 radical (unpaired) electrons. The van der Waals surface area contributed by atoms with Crippen LogP contribution in [-0.4, -0.2) is 70.1 Å². The van der Waals surface area contributed by atoms with Gasteiger partial charge >= 0.3 is 5.97 Å². The highest BCUT2D eigenvalue weighted by Crippen LogP contribution is 2.34. The molecular formula is C37H66O7. The molecule has 0 aliphatic carbocycles. The second kappa shape index (κ2) is 21.7. The number of unbranched alkanes of at least 4 members (excludes halogenated alkanes) is 13. The first-order valence-electron chi connectivity index (χ1n) is 18.6. The zero-order valence-corrected chi connectivity index (χ0v) is 28.1. The van der Waals surface area contributed by atoms with E-state index in [1.807, 2.05) is 13.0 Å². The summed E-state index contributed by atoms with van der Waals surface area (Å²) in [7, 11) is 0. The van der Waals surface area contributed by atoms with Crippen molar-refractivity contribution in [3.63, 3.8) is 0 Å². The fourth-order valence-electron chi connectivity index (χ4n) is 7.25. The van der Waals surface area contributed by atoms with Gasteiger partial charge in [0.2, 0.25) is 0 Å². The van der Waals surface area contributed by atoms with E-state index in [0.29, 0.717) is 18.4 Å². The van der Waals surface area contributed by atoms with Gasteiger partial charge in [0, 0.05) is 5.57 Å². The third-order valence-electron chi connectivity index (χ3n) is 10.1. The van der Waals surface area contributed by atoms with Crippen LogP contribution in [0, 0.1) is 0 Å². The highest BCUT2D eigenvalue weighted by molar-refractivity contribution is 5.90.